The average Bonchev–Trinajstić information content (AvgIpc) is 2.43. The number of carboxylic acid groups (broad SMARTS) is 1. The van der Waals surface area contributed by atoms with Crippen LogP contribution in [0.2, 0.25) is 5.02 Å². The lowest BCUT2D eigenvalue weighted by molar-refractivity contribution is -0.151. The van der Waals surface area contributed by atoms with Crippen LogP contribution in [-0.2, 0) is 4.79 Å². The predicted molar refractivity (Wildman–Crippen MR) is 81.6 cm³/mol. The van der Waals surface area contributed by atoms with Gasteiger partial charge in [0.25, 0.3) is 0 Å². The van der Waals surface area contributed by atoms with Crippen LogP contribution in [0.3, 0.4) is 0 Å². The molecule has 1 N–H and O–H groups in total. The molecule has 0 saturated carbocycles. The van der Waals surface area contributed by atoms with Crippen molar-refractivity contribution in [3.63, 3.8) is 0 Å². The summed E-state index contributed by atoms with van der Waals surface area (Å²) in [7, 11) is 0. The Morgan fingerprint density at radius 3 is 2.68 bits per heavy atom. The number of carbonyl (C=O) groups is 1. The monoisotopic (exact) mass is 322 g/mol. The first-order valence-electron chi connectivity index (χ1n) is 6.85. The fourth-order valence-electron chi connectivity index (χ4n) is 3.10. The molecule has 4 unspecified atom stereocenters. The minimum atomic E-state index is -1.30. The molecule has 0 aromatic heterocycles. The van der Waals surface area contributed by atoms with E-state index >= 15 is 0 Å². The molecule has 4 atom stereocenters. The topological polar surface area (TPSA) is 73.4 Å². The SMILES string of the molecule is CC1=NC(C)C(C)(C(=O)O)C(c2ccc(F)cc2Cl)C1C#N. The number of aliphatic imine (C=N–C) groups is 1. The van der Waals surface area contributed by atoms with E-state index in [0.717, 1.165) is 6.07 Å². The lowest BCUT2D eigenvalue weighted by atomic mass is 9.61. The van der Waals surface area contributed by atoms with Gasteiger partial charge in [0.1, 0.15) is 5.82 Å². The van der Waals surface area contributed by atoms with Crippen LogP contribution in [-0.4, -0.2) is 22.8 Å². The lowest BCUT2D eigenvalue weighted by Gasteiger charge is -2.43. The van der Waals surface area contributed by atoms with Gasteiger partial charge < -0.3 is 5.11 Å². The Morgan fingerprint density at radius 2 is 2.18 bits per heavy atom. The largest absolute Gasteiger partial charge is 0.481 e. The maximum atomic E-state index is 13.3. The summed E-state index contributed by atoms with van der Waals surface area (Å²) >= 11 is 6.13. The van der Waals surface area contributed by atoms with E-state index in [9.17, 15) is 19.6 Å². The number of hydrogen-bond donors (Lipinski definition) is 1. The molecule has 1 aliphatic heterocycles. The molecule has 116 valence electrons. The third-order valence-electron chi connectivity index (χ3n) is 4.59. The molecule has 6 heteroatoms. The van der Waals surface area contributed by atoms with Crippen molar-refractivity contribution in [1.29, 1.82) is 5.26 Å². The number of rotatable bonds is 2. The molecular weight excluding hydrogens is 307 g/mol. The molecule has 2 rings (SSSR count). The van der Waals surface area contributed by atoms with Gasteiger partial charge in [-0.2, -0.15) is 5.26 Å². The number of halogens is 2. The Balaban J connectivity index is 2.73. The third-order valence-corrected chi connectivity index (χ3v) is 4.92. The normalized spacial score (nSPS) is 31.3. The maximum Gasteiger partial charge on any atom is 0.312 e. The van der Waals surface area contributed by atoms with Crippen LogP contribution in [0.15, 0.2) is 23.2 Å². The van der Waals surface area contributed by atoms with Crippen molar-refractivity contribution in [3.05, 3.63) is 34.6 Å². The van der Waals surface area contributed by atoms with Crippen LogP contribution in [0, 0.1) is 28.5 Å². The van der Waals surface area contributed by atoms with Crippen molar-refractivity contribution >= 4 is 23.3 Å². The van der Waals surface area contributed by atoms with Gasteiger partial charge in [0.2, 0.25) is 0 Å². The van der Waals surface area contributed by atoms with Gasteiger partial charge in [-0.05, 0) is 38.5 Å². The van der Waals surface area contributed by atoms with Crippen LogP contribution < -0.4 is 0 Å². The van der Waals surface area contributed by atoms with Gasteiger partial charge in [-0.1, -0.05) is 17.7 Å². The zero-order chi connectivity index (χ0) is 16.7. The molecule has 4 nitrogen and oxygen atoms in total. The van der Waals surface area contributed by atoms with E-state index in [4.69, 9.17) is 11.6 Å². The summed E-state index contributed by atoms with van der Waals surface area (Å²) in [5.74, 6) is -2.98. The maximum absolute atomic E-state index is 13.3. The van der Waals surface area contributed by atoms with Gasteiger partial charge in [-0.3, -0.25) is 9.79 Å². The molecule has 0 bridgehead atoms. The number of nitrogens with zero attached hydrogens (tertiary/aromatic N) is 2. The van der Waals surface area contributed by atoms with E-state index in [2.05, 4.69) is 11.1 Å². The molecule has 1 heterocycles. The Morgan fingerprint density at radius 1 is 1.55 bits per heavy atom. The molecule has 22 heavy (non-hydrogen) atoms. The highest BCUT2D eigenvalue weighted by Crippen LogP contribution is 2.50. The molecule has 1 aromatic rings. The highest BCUT2D eigenvalue weighted by molar-refractivity contribution is 6.31. The number of benzene rings is 1. The molecule has 1 aliphatic rings. The van der Waals surface area contributed by atoms with E-state index < -0.39 is 35.1 Å². The predicted octanol–water partition coefficient (Wildman–Crippen LogP) is 3.66. The quantitative estimate of drug-likeness (QED) is 0.903. The summed E-state index contributed by atoms with van der Waals surface area (Å²) in [6.45, 7) is 4.97. The van der Waals surface area contributed by atoms with Crippen LogP contribution in [0.25, 0.3) is 0 Å². The zero-order valence-electron chi connectivity index (χ0n) is 12.5. The Kier molecular flexibility index (Phi) is 4.25. The van der Waals surface area contributed by atoms with Crippen LogP contribution in [0.4, 0.5) is 4.39 Å². The molecule has 0 spiro atoms. The van der Waals surface area contributed by atoms with Crippen LogP contribution >= 0.6 is 11.6 Å². The van der Waals surface area contributed by atoms with Gasteiger partial charge in [0.15, 0.2) is 0 Å². The summed E-state index contributed by atoms with van der Waals surface area (Å²) in [5.41, 5.74) is -0.277. The smallest absolute Gasteiger partial charge is 0.312 e. The van der Waals surface area contributed by atoms with Crippen molar-refractivity contribution in [2.24, 2.45) is 16.3 Å². The molecule has 0 saturated heterocycles. The number of hydrogen-bond acceptors (Lipinski definition) is 3. The summed E-state index contributed by atoms with van der Waals surface area (Å²) in [6, 6.07) is 5.42. The minimum Gasteiger partial charge on any atom is -0.481 e. The number of aliphatic carboxylic acids is 1. The van der Waals surface area contributed by atoms with Gasteiger partial charge in [-0.15, -0.1) is 0 Å². The first kappa shape index (κ1) is 16.4. The number of carboxylic acids is 1. The Hall–Kier alpha value is -1.93. The lowest BCUT2D eigenvalue weighted by Crippen LogP contribution is -2.50. The second kappa shape index (κ2) is 5.69. The first-order chi connectivity index (χ1) is 10.2. The molecule has 0 amide bonds. The fraction of sp³-hybridized carbons (Fsp3) is 0.438. The molecule has 0 fully saturated rings. The van der Waals surface area contributed by atoms with Crippen molar-refractivity contribution in [1.82, 2.24) is 0 Å². The molecular formula is C16H16ClFN2O2. The first-order valence-corrected chi connectivity index (χ1v) is 7.23. The van der Waals surface area contributed by atoms with Gasteiger partial charge in [0, 0.05) is 16.7 Å². The van der Waals surface area contributed by atoms with Gasteiger partial charge in [0.05, 0.1) is 23.4 Å². The van der Waals surface area contributed by atoms with E-state index in [1.54, 1.807) is 20.8 Å². The van der Waals surface area contributed by atoms with Crippen molar-refractivity contribution in [2.45, 2.75) is 32.7 Å². The van der Waals surface area contributed by atoms with E-state index in [1.165, 1.54) is 12.1 Å². The molecule has 1 aromatic carbocycles. The highest BCUT2D eigenvalue weighted by Gasteiger charge is 2.54. The molecule has 0 aliphatic carbocycles. The second-order valence-corrected chi connectivity index (χ2v) is 6.19. The summed E-state index contributed by atoms with van der Waals surface area (Å²) in [6.07, 6.45) is 0. The van der Waals surface area contributed by atoms with E-state index in [1.807, 2.05) is 0 Å². The van der Waals surface area contributed by atoms with Gasteiger partial charge in [-0.25, -0.2) is 4.39 Å². The van der Waals surface area contributed by atoms with E-state index in [-0.39, 0.29) is 5.02 Å². The third kappa shape index (κ3) is 2.38. The standard InChI is InChI=1S/C16H16ClFN2O2/c1-8-12(7-19)14(11-5-4-10(18)6-13(11)17)16(3,15(21)22)9(2)20-8/h4-6,9,12,14H,1-3H3,(H,21,22). The second-order valence-electron chi connectivity index (χ2n) is 5.78. The average molecular weight is 323 g/mol. The minimum absolute atomic E-state index is 0.125. The Labute approximate surface area is 133 Å². The summed E-state index contributed by atoms with van der Waals surface area (Å²) in [4.78, 5) is 16.2. The highest BCUT2D eigenvalue weighted by atomic mass is 35.5. The van der Waals surface area contributed by atoms with E-state index in [0.29, 0.717) is 11.3 Å². The number of nitriles is 1. The summed E-state index contributed by atoms with van der Waals surface area (Å²) in [5, 5.41) is 19.4. The van der Waals surface area contributed by atoms with Crippen LogP contribution in [0.5, 0.6) is 0 Å². The molecule has 0 radical (unpaired) electrons. The van der Waals surface area contributed by atoms with Crippen molar-refractivity contribution in [3.8, 4) is 6.07 Å². The van der Waals surface area contributed by atoms with Crippen LogP contribution in [0.1, 0.15) is 32.3 Å². The Bertz CT molecular complexity index is 698. The van der Waals surface area contributed by atoms with Crippen molar-refractivity contribution in [2.75, 3.05) is 0 Å². The van der Waals surface area contributed by atoms with Crippen molar-refractivity contribution < 1.29 is 14.3 Å². The fourth-order valence-corrected chi connectivity index (χ4v) is 3.39. The summed E-state index contributed by atoms with van der Waals surface area (Å²) < 4.78 is 13.3. The zero-order valence-corrected chi connectivity index (χ0v) is 13.2. The van der Waals surface area contributed by atoms with Gasteiger partial charge >= 0.3 is 5.97 Å².